The normalized spacial score (nSPS) is 24.6. The number of rotatable bonds is 12. The van der Waals surface area contributed by atoms with Crippen molar-refractivity contribution in [2.75, 3.05) is 6.54 Å². The number of halogens is 1. The number of nitrogens with one attached hydrogen (secondary N) is 3. The summed E-state index contributed by atoms with van der Waals surface area (Å²) in [5.41, 5.74) is -2.38. The number of alkyl carbamates (subject to hydrolysis) is 1. The molecule has 1 saturated heterocycles. The van der Waals surface area contributed by atoms with Gasteiger partial charge in [-0.05, 0) is 51.0 Å². The number of ether oxygens (including phenoxy) is 2. The smallest absolute Gasteiger partial charge is 0.408 e. The first-order valence-electron chi connectivity index (χ1n) is 16.9. The molecule has 3 fully saturated rings. The van der Waals surface area contributed by atoms with Gasteiger partial charge in [0.1, 0.15) is 23.7 Å². The van der Waals surface area contributed by atoms with Gasteiger partial charge in [0.25, 0.3) is 5.91 Å². The van der Waals surface area contributed by atoms with E-state index in [0.717, 1.165) is 0 Å². The fraction of sp³-hybridized carbons (Fsp3) is 0.571. The molecule has 2 heterocycles. The van der Waals surface area contributed by atoms with Gasteiger partial charge in [0.15, 0.2) is 0 Å². The maximum absolute atomic E-state index is 14.4. The molecule has 5 atom stereocenters. The predicted molar refractivity (Wildman–Crippen MR) is 188 cm³/mol. The predicted octanol–water partition coefficient (Wildman–Crippen LogP) is 4.24. The van der Waals surface area contributed by atoms with Gasteiger partial charge in [-0.3, -0.25) is 19.1 Å². The summed E-state index contributed by atoms with van der Waals surface area (Å²) in [6.45, 7) is 14.2. The highest BCUT2D eigenvalue weighted by molar-refractivity contribution is 7.91. The summed E-state index contributed by atoms with van der Waals surface area (Å²) >= 11 is 6.37. The lowest BCUT2D eigenvalue weighted by Gasteiger charge is -2.35. The summed E-state index contributed by atoms with van der Waals surface area (Å²) in [4.78, 5) is 60.7. The summed E-state index contributed by atoms with van der Waals surface area (Å²) in [6, 6.07) is 5.00. The Kier molecular flexibility index (Phi) is 10.2. The maximum Gasteiger partial charge on any atom is 0.408 e. The molecule has 3 N–H and O–H groups in total. The second-order valence-electron chi connectivity index (χ2n) is 14.8. The van der Waals surface area contributed by atoms with Crippen molar-refractivity contribution in [1.29, 1.82) is 0 Å². The van der Waals surface area contributed by atoms with Gasteiger partial charge in [0.05, 0.1) is 28.6 Å². The minimum absolute atomic E-state index is 0.0111. The van der Waals surface area contributed by atoms with Crippen LogP contribution in [-0.2, 0) is 29.1 Å². The molecule has 1 aromatic carbocycles. The van der Waals surface area contributed by atoms with E-state index in [0.29, 0.717) is 35.1 Å². The summed E-state index contributed by atoms with van der Waals surface area (Å²) in [5, 5.41) is 7.24. The van der Waals surface area contributed by atoms with Crippen LogP contribution in [-0.4, -0.2) is 83.2 Å². The largest absolute Gasteiger partial charge is 0.472 e. The van der Waals surface area contributed by atoms with Crippen LogP contribution in [0.15, 0.2) is 43.1 Å². The summed E-state index contributed by atoms with van der Waals surface area (Å²) in [7, 11) is -4.00. The molecule has 0 radical (unpaired) electrons. The standard InChI is InChI=1S/C35H46ClN5O8S/c1-8-21-17-35(21,31(44)40-50(46,47)34(9-2)14-15-34)39-28(42)26-16-22(49-29-24-13-11-10-12-23(24)25(36)18-37-29)19-41(26)30(43)27(33(5,6)7)38-32(45)48-20(3)4/h8,10-13,18,20-22,26-27H,1,9,14-17,19H2,2-7H3,(H,38,45)(H,39,42)(H,40,44)/t21-,22-,26+,27-,35-/m1/s1. The summed E-state index contributed by atoms with van der Waals surface area (Å²) in [5.74, 6) is -2.36. The van der Waals surface area contributed by atoms with E-state index in [1.807, 2.05) is 18.2 Å². The summed E-state index contributed by atoms with van der Waals surface area (Å²) < 4.78 is 39.2. The number of likely N-dealkylation sites (tertiary alicyclic amines) is 1. The van der Waals surface area contributed by atoms with Crippen LogP contribution in [0.2, 0.25) is 5.02 Å². The van der Waals surface area contributed by atoms with Crippen LogP contribution in [0, 0.1) is 11.3 Å². The number of carbonyl (C=O) groups excluding carboxylic acids is 4. The molecule has 50 heavy (non-hydrogen) atoms. The van der Waals surface area contributed by atoms with E-state index in [2.05, 4.69) is 26.9 Å². The lowest BCUT2D eigenvalue weighted by atomic mass is 9.85. The molecule has 2 aromatic rings. The van der Waals surface area contributed by atoms with E-state index in [1.54, 1.807) is 47.6 Å². The quantitative estimate of drug-likeness (QED) is 0.270. The van der Waals surface area contributed by atoms with Gasteiger partial charge >= 0.3 is 6.09 Å². The minimum Gasteiger partial charge on any atom is -0.472 e. The van der Waals surface area contributed by atoms with Gasteiger partial charge in [-0.2, -0.15) is 0 Å². The average Bonchev–Trinajstić information content (AvgIpc) is 3.95. The second-order valence-corrected chi connectivity index (χ2v) is 17.3. The van der Waals surface area contributed by atoms with Crippen LogP contribution in [0.3, 0.4) is 0 Å². The Morgan fingerprint density at radius 1 is 1.16 bits per heavy atom. The van der Waals surface area contributed by atoms with Crippen molar-refractivity contribution in [1.82, 2.24) is 25.2 Å². The number of hydrogen-bond donors (Lipinski definition) is 3. The number of fused-ring (bicyclic) bond motifs is 1. The van der Waals surface area contributed by atoms with Crippen LogP contribution >= 0.6 is 11.6 Å². The average molecular weight is 732 g/mol. The first-order valence-corrected chi connectivity index (χ1v) is 18.7. The molecule has 2 aliphatic carbocycles. The fourth-order valence-corrected chi connectivity index (χ4v) is 8.43. The Labute approximate surface area is 297 Å². The first kappa shape index (κ1) is 37.3. The molecule has 0 unspecified atom stereocenters. The van der Waals surface area contributed by atoms with Crippen molar-refractivity contribution in [3.8, 4) is 5.88 Å². The summed E-state index contributed by atoms with van der Waals surface area (Å²) in [6.07, 6.45) is 2.40. The molecule has 0 bridgehead atoms. The van der Waals surface area contributed by atoms with Crippen LogP contribution in [0.25, 0.3) is 10.8 Å². The van der Waals surface area contributed by atoms with Crippen molar-refractivity contribution in [3.63, 3.8) is 0 Å². The van der Waals surface area contributed by atoms with E-state index in [-0.39, 0.29) is 25.3 Å². The zero-order valence-electron chi connectivity index (χ0n) is 29.2. The molecule has 4 amide bonds. The molecular formula is C35H46ClN5O8S. The third kappa shape index (κ3) is 7.27. The molecule has 5 rings (SSSR count). The number of carbonyl (C=O) groups is 4. The Morgan fingerprint density at radius 3 is 2.38 bits per heavy atom. The van der Waals surface area contributed by atoms with Gasteiger partial charge in [-0.25, -0.2) is 18.2 Å². The van der Waals surface area contributed by atoms with Gasteiger partial charge < -0.3 is 25.0 Å². The molecule has 13 nitrogen and oxygen atoms in total. The highest BCUT2D eigenvalue weighted by Gasteiger charge is 2.63. The lowest BCUT2D eigenvalue weighted by molar-refractivity contribution is -0.142. The highest BCUT2D eigenvalue weighted by atomic mass is 35.5. The third-order valence-corrected chi connectivity index (χ3v) is 12.4. The highest BCUT2D eigenvalue weighted by Crippen LogP contribution is 2.48. The number of aromatic nitrogens is 1. The molecule has 1 aliphatic heterocycles. The van der Waals surface area contributed by atoms with E-state index >= 15 is 0 Å². The van der Waals surface area contributed by atoms with E-state index in [9.17, 15) is 27.6 Å². The Hall–Kier alpha value is -3.91. The van der Waals surface area contributed by atoms with Crippen LogP contribution in [0.4, 0.5) is 4.79 Å². The number of sulfonamides is 1. The number of amides is 4. The Balaban J connectivity index is 1.44. The van der Waals surface area contributed by atoms with E-state index in [4.69, 9.17) is 21.1 Å². The minimum atomic E-state index is -4.00. The fourth-order valence-electron chi connectivity index (χ4n) is 6.55. The van der Waals surface area contributed by atoms with Gasteiger partial charge in [0, 0.05) is 23.1 Å². The van der Waals surface area contributed by atoms with Crippen LogP contribution in [0.1, 0.15) is 73.6 Å². The second kappa shape index (κ2) is 13.7. The zero-order valence-corrected chi connectivity index (χ0v) is 30.8. The van der Waals surface area contributed by atoms with Crippen molar-refractivity contribution in [3.05, 3.63) is 48.1 Å². The molecule has 272 valence electrons. The zero-order chi connectivity index (χ0) is 36.8. The monoisotopic (exact) mass is 731 g/mol. The van der Waals surface area contributed by atoms with Crippen LogP contribution < -0.4 is 20.1 Å². The number of pyridine rings is 1. The molecule has 1 aromatic heterocycles. The molecule has 2 saturated carbocycles. The lowest BCUT2D eigenvalue weighted by Crippen LogP contribution is -2.60. The third-order valence-electron chi connectivity index (χ3n) is 9.85. The first-order chi connectivity index (χ1) is 23.4. The SMILES string of the molecule is C=C[C@@H]1C[C@]1(NC(=O)[C@@H]1C[C@@H](Oc2ncc(Cl)c3ccccc23)CN1C(=O)[C@@H](NC(=O)OC(C)C)C(C)(C)C)C(=O)NS(=O)(=O)C1(CC)CC1. The number of hydrogen-bond acceptors (Lipinski definition) is 9. The number of nitrogens with zero attached hydrogens (tertiary/aromatic N) is 2. The maximum atomic E-state index is 14.4. The van der Waals surface area contributed by atoms with Gasteiger partial charge in [-0.15, -0.1) is 6.58 Å². The van der Waals surface area contributed by atoms with Crippen molar-refractivity contribution in [2.24, 2.45) is 11.3 Å². The van der Waals surface area contributed by atoms with Crippen molar-refractivity contribution < 1.29 is 37.1 Å². The molecule has 15 heteroatoms. The molecular weight excluding hydrogens is 686 g/mol. The van der Waals surface area contributed by atoms with E-state index in [1.165, 1.54) is 17.2 Å². The molecule has 3 aliphatic rings. The topological polar surface area (TPSA) is 173 Å². The van der Waals surface area contributed by atoms with E-state index < -0.39 is 79.7 Å². The van der Waals surface area contributed by atoms with Crippen molar-refractivity contribution >= 4 is 56.2 Å². The van der Waals surface area contributed by atoms with Crippen molar-refractivity contribution in [2.45, 2.75) is 108 Å². The Bertz CT molecular complexity index is 1810. The molecule has 0 spiro atoms. The van der Waals surface area contributed by atoms with Crippen LogP contribution in [0.5, 0.6) is 5.88 Å². The Morgan fingerprint density at radius 2 is 1.82 bits per heavy atom. The van der Waals surface area contributed by atoms with Gasteiger partial charge in [0.2, 0.25) is 27.7 Å². The van der Waals surface area contributed by atoms with Gasteiger partial charge in [-0.1, -0.05) is 63.6 Å². The number of benzene rings is 1.